The molecule has 2 heterocycles. The van der Waals surface area contributed by atoms with E-state index < -0.39 is 0 Å². The summed E-state index contributed by atoms with van der Waals surface area (Å²) in [6, 6.07) is 33.9. The van der Waals surface area contributed by atoms with Crippen LogP contribution in [0.25, 0.3) is 5.69 Å². The number of ether oxygens (including phenoxy) is 1. The molecule has 6 rings (SSSR count). The van der Waals surface area contributed by atoms with E-state index in [9.17, 15) is 0 Å². The van der Waals surface area contributed by atoms with Crippen molar-refractivity contribution in [1.82, 2.24) is 9.78 Å². The Morgan fingerprint density at radius 2 is 1.37 bits per heavy atom. The Labute approximate surface area is 243 Å². The number of rotatable bonds is 6. The van der Waals surface area contributed by atoms with Gasteiger partial charge in [-0.05, 0) is 52.9 Å². The Morgan fingerprint density at radius 1 is 0.659 bits per heavy atom. The highest BCUT2D eigenvalue weighted by Gasteiger charge is 2.26. The zero-order valence-electron chi connectivity index (χ0n) is 24.8. The lowest BCUT2D eigenvalue weighted by Gasteiger charge is -2.24. The van der Waals surface area contributed by atoms with E-state index in [4.69, 9.17) is 9.84 Å². The maximum Gasteiger partial charge on any atom is 0.129 e. The molecule has 0 atom stereocenters. The monoisotopic (exact) mass is 542 g/mol. The second kappa shape index (κ2) is 10.2. The fourth-order valence-electron chi connectivity index (χ4n) is 5.47. The molecule has 0 fully saturated rings. The van der Waals surface area contributed by atoms with Crippen molar-refractivity contribution in [3.63, 3.8) is 0 Å². The van der Waals surface area contributed by atoms with Gasteiger partial charge in [0.25, 0.3) is 0 Å². The molecule has 0 bridgehead atoms. The average molecular weight is 543 g/mol. The largest absolute Gasteiger partial charge is 0.457 e. The zero-order chi connectivity index (χ0) is 28.8. The van der Waals surface area contributed by atoms with E-state index in [0.29, 0.717) is 0 Å². The smallest absolute Gasteiger partial charge is 0.129 e. The standard InChI is InChI=1S/C36H38N4O/c1-35(2,3)27-19-30(40-24-28(23-37-40)36(4,5)26-13-8-7-9-14-26)22-32(20-27)41-31-16-12-15-29(21-31)39-25-38(6)33-17-10-11-18-34(33)39/h7-24H,25H2,1-6H3. The van der Waals surface area contributed by atoms with Crippen LogP contribution in [0.1, 0.15) is 51.3 Å². The maximum absolute atomic E-state index is 6.55. The minimum atomic E-state index is -0.164. The fourth-order valence-corrected chi connectivity index (χ4v) is 5.47. The second-order valence-electron chi connectivity index (χ2n) is 12.5. The second-order valence-corrected chi connectivity index (χ2v) is 12.5. The van der Waals surface area contributed by atoms with Gasteiger partial charge in [-0.1, -0.05) is 83.1 Å². The van der Waals surface area contributed by atoms with Gasteiger partial charge in [-0.2, -0.15) is 5.10 Å². The van der Waals surface area contributed by atoms with E-state index in [-0.39, 0.29) is 10.8 Å². The third-order valence-electron chi connectivity index (χ3n) is 8.12. The molecule has 0 aliphatic carbocycles. The highest BCUT2D eigenvalue weighted by molar-refractivity contribution is 5.82. The molecule has 5 aromatic rings. The first-order valence-corrected chi connectivity index (χ1v) is 14.2. The number of benzene rings is 4. The van der Waals surface area contributed by atoms with Gasteiger partial charge in [-0.3, -0.25) is 0 Å². The molecular formula is C36H38N4O. The number of anilines is 3. The number of para-hydroxylation sites is 2. The maximum atomic E-state index is 6.55. The number of aromatic nitrogens is 2. The SMILES string of the molecule is CN1CN(c2cccc(Oc3cc(-n4cc(C(C)(C)c5ccccc5)cn4)cc(C(C)(C)C)c3)c2)c2ccccc21. The molecule has 0 amide bonds. The fraction of sp³-hybridized carbons (Fsp3) is 0.250. The molecule has 0 unspecified atom stereocenters. The van der Waals surface area contributed by atoms with Crippen LogP contribution in [-0.2, 0) is 10.8 Å². The molecular weight excluding hydrogens is 504 g/mol. The molecule has 0 saturated carbocycles. The first-order chi connectivity index (χ1) is 19.6. The van der Waals surface area contributed by atoms with Gasteiger partial charge in [0.2, 0.25) is 0 Å². The summed E-state index contributed by atoms with van der Waals surface area (Å²) in [6.07, 6.45) is 4.12. The predicted octanol–water partition coefficient (Wildman–Crippen LogP) is 8.83. The van der Waals surface area contributed by atoms with E-state index >= 15 is 0 Å². The van der Waals surface area contributed by atoms with Gasteiger partial charge in [0, 0.05) is 42.0 Å². The van der Waals surface area contributed by atoms with Crippen LogP contribution in [0, 0.1) is 0 Å². The van der Waals surface area contributed by atoms with Crippen molar-refractivity contribution in [3.05, 3.63) is 126 Å². The van der Waals surface area contributed by atoms with E-state index in [1.54, 1.807) is 0 Å². The number of hydrogen-bond donors (Lipinski definition) is 0. The third-order valence-corrected chi connectivity index (χ3v) is 8.12. The van der Waals surface area contributed by atoms with Crippen LogP contribution in [0.5, 0.6) is 11.5 Å². The number of hydrogen-bond acceptors (Lipinski definition) is 4. The lowest BCUT2D eigenvalue weighted by atomic mass is 9.80. The van der Waals surface area contributed by atoms with Gasteiger partial charge in [0.05, 0.1) is 29.9 Å². The zero-order valence-corrected chi connectivity index (χ0v) is 24.8. The quantitative estimate of drug-likeness (QED) is 0.215. The molecule has 5 heteroatoms. The van der Waals surface area contributed by atoms with Crippen molar-refractivity contribution in [2.45, 2.75) is 45.4 Å². The Balaban J connectivity index is 1.33. The predicted molar refractivity (Wildman–Crippen MR) is 169 cm³/mol. The summed E-state index contributed by atoms with van der Waals surface area (Å²) in [5, 5.41) is 4.79. The Bertz CT molecular complexity index is 1680. The summed E-state index contributed by atoms with van der Waals surface area (Å²) in [5.41, 5.74) is 7.92. The molecule has 0 radical (unpaired) electrons. The first-order valence-electron chi connectivity index (χ1n) is 14.2. The van der Waals surface area contributed by atoms with Crippen LogP contribution in [0.15, 0.2) is 109 Å². The highest BCUT2D eigenvalue weighted by Crippen LogP contribution is 2.41. The molecule has 0 N–H and O–H groups in total. The molecule has 1 aromatic heterocycles. The van der Waals surface area contributed by atoms with Gasteiger partial charge in [-0.15, -0.1) is 0 Å². The number of fused-ring (bicyclic) bond motifs is 1. The Morgan fingerprint density at radius 3 is 2.12 bits per heavy atom. The van der Waals surface area contributed by atoms with Crippen molar-refractivity contribution < 1.29 is 4.74 Å². The van der Waals surface area contributed by atoms with Gasteiger partial charge >= 0.3 is 0 Å². The van der Waals surface area contributed by atoms with Crippen molar-refractivity contribution in [3.8, 4) is 17.2 Å². The first kappa shape index (κ1) is 26.7. The molecule has 1 aliphatic heterocycles. The van der Waals surface area contributed by atoms with E-state index in [0.717, 1.165) is 35.1 Å². The summed E-state index contributed by atoms with van der Waals surface area (Å²) in [6.45, 7) is 12.0. The summed E-state index contributed by atoms with van der Waals surface area (Å²) in [5.74, 6) is 1.60. The van der Waals surface area contributed by atoms with Crippen LogP contribution in [-0.4, -0.2) is 23.5 Å². The Kier molecular flexibility index (Phi) is 6.61. The van der Waals surface area contributed by atoms with Crippen molar-refractivity contribution in [2.75, 3.05) is 23.5 Å². The molecule has 0 spiro atoms. The van der Waals surface area contributed by atoms with Gasteiger partial charge in [-0.25, -0.2) is 4.68 Å². The van der Waals surface area contributed by atoms with E-state index in [2.05, 4.69) is 149 Å². The summed E-state index contributed by atoms with van der Waals surface area (Å²) >= 11 is 0. The topological polar surface area (TPSA) is 33.5 Å². The Hall–Kier alpha value is -4.51. The normalized spacial score (nSPS) is 13.4. The minimum absolute atomic E-state index is 0.0564. The van der Waals surface area contributed by atoms with E-state index in [1.165, 1.54) is 22.5 Å². The van der Waals surface area contributed by atoms with Gasteiger partial charge in [0.1, 0.15) is 11.5 Å². The van der Waals surface area contributed by atoms with Gasteiger partial charge in [0.15, 0.2) is 0 Å². The summed E-state index contributed by atoms with van der Waals surface area (Å²) in [7, 11) is 2.13. The molecule has 4 aromatic carbocycles. The molecule has 1 aliphatic rings. The lowest BCUT2D eigenvalue weighted by molar-refractivity contribution is 0.478. The summed E-state index contributed by atoms with van der Waals surface area (Å²) < 4.78 is 8.52. The third kappa shape index (κ3) is 5.20. The van der Waals surface area contributed by atoms with E-state index in [1.807, 2.05) is 16.9 Å². The van der Waals surface area contributed by atoms with Gasteiger partial charge < -0.3 is 14.5 Å². The molecule has 5 nitrogen and oxygen atoms in total. The molecule has 41 heavy (non-hydrogen) atoms. The van der Waals surface area contributed by atoms with Crippen molar-refractivity contribution in [2.24, 2.45) is 0 Å². The van der Waals surface area contributed by atoms with Crippen LogP contribution in [0.2, 0.25) is 0 Å². The van der Waals surface area contributed by atoms with Crippen LogP contribution < -0.4 is 14.5 Å². The van der Waals surface area contributed by atoms with Crippen LogP contribution >= 0.6 is 0 Å². The van der Waals surface area contributed by atoms with Crippen LogP contribution in [0.3, 0.4) is 0 Å². The average Bonchev–Trinajstić information content (AvgIpc) is 3.59. The minimum Gasteiger partial charge on any atom is -0.457 e. The highest BCUT2D eigenvalue weighted by atomic mass is 16.5. The van der Waals surface area contributed by atoms with Crippen molar-refractivity contribution >= 4 is 17.1 Å². The number of nitrogens with zero attached hydrogens (tertiary/aromatic N) is 4. The molecule has 208 valence electrons. The molecule has 0 saturated heterocycles. The summed E-state index contributed by atoms with van der Waals surface area (Å²) in [4.78, 5) is 4.58. The lowest BCUT2D eigenvalue weighted by Crippen LogP contribution is -2.23. The van der Waals surface area contributed by atoms with Crippen LogP contribution in [0.4, 0.5) is 17.1 Å². The van der Waals surface area contributed by atoms with Crippen molar-refractivity contribution in [1.29, 1.82) is 0 Å².